The van der Waals surface area contributed by atoms with E-state index in [9.17, 15) is 0 Å². The number of hydrogen-bond acceptors (Lipinski definition) is 2. The SMILES string of the molecule is CNC(c1ccc(C)s1)c1ccc2c3c(cccc13)CC2. The molecule has 0 saturated carbocycles. The molecule has 0 amide bonds. The first-order valence-corrected chi connectivity index (χ1v) is 8.36. The highest BCUT2D eigenvalue weighted by atomic mass is 32.1. The number of rotatable bonds is 3. The first kappa shape index (κ1) is 13.1. The molecule has 1 aromatic heterocycles. The van der Waals surface area contributed by atoms with Crippen LogP contribution in [0.3, 0.4) is 0 Å². The summed E-state index contributed by atoms with van der Waals surface area (Å²) in [6.45, 7) is 2.17. The van der Waals surface area contributed by atoms with E-state index in [2.05, 4.69) is 61.8 Å². The number of nitrogens with one attached hydrogen (secondary N) is 1. The van der Waals surface area contributed by atoms with Gasteiger partial charge in [0.05, 0.1) is 6.04 Å². The van der Waals surface area contributed by atoms with Crippen molar-refractivity contribution in [2.45, 2.75) is 25.8 Å². The first-order valence-electron chi connectivity index (χ1n) is 7.55. The molecule has 0 bridgehead atoms. The lowest BCUT2D eigenvalue weighted by Crippen LogP contribution is -2.16. The van der Waals surface area contributed by atoms with Gasteiger partial charge >= 0.3 is 0 Å². The fourth-order valence-corrected chi connectivity index (χ4v) is 4.59. The molecule has 1 nitrogen and oxygen atoms in total. The topological polar surface area (TPSA) is 12.0 Å². The number of aryl methyl sites for hydroxylation is 3. The van der Waals surface area contributed by atoms with Crippen LogP contribution in [0.5, 0.6) is 0 Å². The van der Waals surface area contributed by atoms with E-state index < -0.39 is 0 Å². The normalized spacial score (nSPS) is 14.8. The second-order valence-electron chi connectivity index (χ2n) is 5.82. The Balaban J connectivity index is 1.94. The lowest BCUT2D eigenvalue weighted by Gasteiger charge is -2.18. The molecule has 1 heterocycles. The third-order valence-corrected chi connectivity index (χ3v) is 5.62. The lowest BCUT2D eigenvalue weighted by atomic mass is 9.95. The van der Waals surface area contributed by atoms with Gasteiger partial charge in [-0.1, -0.05) is 30.3 Å². The molecule has 3 aromatic rings. The van der Waals surface area contributed by atoms with Crippen LogP contribution in [0.15, 0.2) is 42.5 Å². The Labute approximate surface area is 129 Å². The Bertz CT molecular complexity index is 805. The zero-order valence-electron chi connectivity index (χ0n) is 12.4. The predicted molar refractivity (Wildman–Crippen MR) is 91.3 cm³/mol. The van der Waals surface area contributed by atoms with Crippen molar-refractivity contribution in [2.24, 2.45) is 0 Å². The second-order valence-corrected chi connectivity index (χ2v) is 7.14. The van der Waals surface area contributed by atoms with Crippen LogP contribution in [-0.2, 0) is 12.8 Å². The summed E-state index contributed by atoms with van der Waals surface area (Å²) in [7, 11) is 2.06. The van der Waals surface area contributed by atoms with E-state index >= 15 is 0 Å². The summed E-state index contributed by atoms with van der Waals surface area (Å²) in [5.74, 6) is 0. The van der Waals surface area contributed by atoms with E-state index in [1.54, 1.807) is 0 Å². The van der Waals surface area contributed by atoms with Crippen molar-refractivity contribution in [3.05, 3.63) is 68.9 Å². The molecule has 1 N–H and O–H groups in total. The highest BCUT2D eigenvalue weighted by Gasteiger charge is 2.21. The minimum Gasteiger partial charge on any atom is -0.309 e. The summed E-state index contributed by atoms with van der Waals surface area (Å²) in [4.78, 5) is 2.77. The van der Waals surface area contributed by atoms with Crippen molar-refractivity contribution in [1.29, 1.82) is 0 Å². The molecule has 4 rings (SSSR count). The van der Waals surface area contributed by atoms with Crippen LogP contribution in [-0.4, -0.2) is 7.05 Å². The van der Waals surface area contributed by atoms with Gasteiger partial charge in [-0.2, -0.15) is 0 Å². The molecule has 21 heavy (non-hydrogen) atoms. The van der Waals surface area contributed by atoms with Crippen LogP contribution in [0.25, 0.3) is 10.8 Å². The molecule has 0 aliphatic heterocycles. The average Bonchev–Trinajstić information content (AvgIpc) is 3.10. The molecule has 2 aromatic carbocycles. The second kappa shape index (κ2) is 4.97. The largest absolute Gasteiger partial charge is 0.309 e. The molecule has 0 radical (unpaired) electrons. The van der Waals surface area contributed by atoms with Crippen molar-refractivity contribution in [3.8, 4) is 0 Å². The van der Waals surface area contributed by atoms with Gasteiger partial charge in [-0.3, -0.25) is 0 Å². The molecule has 2 heteroatoms. The molecule has 106 valence electrons. The molecule has 0 fully saturated rings. The van der Waals surface area contributed by atoms with E-state index in [0.29, 0.717) is 0 Å². The van der Waals surface area contributed by atoms with Gasteiger partial charge in [-0.05, 0) is 66.4 Å². The van der Waals surface area contributed by atoms with Crippen LogP contribution in [0, 0.1) is 6.92 Å². The Morgan fingerprint density at radius 2 is 1.81 bits per heavy atom. The molecule has 1 unspecified atom stereocenters. The fourth-order valence-electron chi connectivity index (χ4n) is 3.58. The van der Waals surface area contributed by atoms with Crippen molar-refractivity contribution < 1.29 is 0 Å². The van der Waals surface area contributed by atoms with Gasteiger partial charge in [-0.15, -0.1) is 11.3 Å². The van der Waals surface area contributed by atoms with Gasteiger partial charge in [0, 0.05) is 9.75 Å². The maximum Gasteiger partial charge on any atom is 0.0674 e. The van der Waals surface area contributed by atoms with Crippen LogP contribution >= 0.6 is 11.3 Å². The smallest absolute Gasteiger partial charge is 0.0674 e. The summed E-state index contributed by atoms with van der Waals surface area (Å²) >= 11 is 1.89. The van der Waals surface area contributed by atoms with Crippen molar-refractivity contribution in [2.75, 3.05) is 7.05 Å². The van der Waals surface area contributed by atoms with E-state index in [0.717, 1.165) is 0 Å². The minimum absolute atomic E-state index is 0.286. The molecule has 1 aliphatic rings. The highest BCUT2D eigenvalue weighted by Crippen LogP contribution is 2.37. The summed E-state index contributed by atoms with van der Waals surface area (Å²) in [5, 5.41) is 6.44. The van der Waals surface area contributed by atoms with Gasteiger partial charge in [0.1, 0.15) is 0 Å². The van der Waals surface area contributed by atoms with Crippen LogP contribution in [0.1, 0.15) is 32.5 Å². The fraction of sp³-hybridized carbons (Fsp3) is 0.263. The number of benzene rings is 2. The Kier molecular flexibility index (Phi) is 3.09. The zero-order chi connectivity index (χ0) is 14.4. The van der Waals surface area contributed by atoms with Gasteiger partial charge in [0.15, 0.2) is 0 Å². The molecular weight excluding hydrogens is 274 g/mol. The summed E-state index contributed by atoms with van der Waals surface area (Å²) in [6.07, 6.45) is 2.39. The van der Waals surface area contributed by atoms with Gasteiger partial charge in [0.25, 0.3) is 0 Å². The third kappa shape index (κ3) is 2.02. The molecule has 1 atom stereocenters. The first-order chi connectivity index (χ1) is 10.3. The van der Waals surface area contributed by atoms with Crippen LogP contribution in [0.4, 0.5) is 0 Å². The minimum atomic E-state index is 0.286. The highest BCUT2D eigenvalue weighted by molar-refractivity contribution is 7.12. The number of thiophene rings is 1. The third-order valence-electron chi connectivity index (χ3n) is 4.56. The summed E-state index contributed by atoms with van der Waals surface area (Å²) in [6, 6.07) is 16.2. The Hall–Kier alpha value is -1.64. The molecule has 1 aliphatic carbocycles. The Morgan fingerprint density at radius 1 is 1.00 bits per heavy atom. The van der Waals surface area contributed by atoms with Gasteiger partial charge in [-0.25, -0.2) is 0 Å². The van der Waals surface area contributed by atoms with E-state index in [4.69, 9.17) is 0 Å². The quantitative estimate of drug-likeness (QED) is 0.743. The molecule has 0 saturated heterocycles. The monoisotopic (exact) mass is 293 g/mol. The standard InChI is InChI=1S/C19H19NS/c1-12-6-11-17(21-12)19(20-2)16-10-9-14-8-7-13-4-3-5-15(16)18(13)14/h3-6,9-11,19-20H,7-8H2,1-2H3. The summed E-state index contributed by atoms with van der Waals surface area (Å²) < 4.78 is 0. The van der Waals surface area contributed by atoms with Crippen molar-refractivity contribution in [1.82, 2.24) is 5.32 Å². The van der Waals surface area contributed by atoms with Gasteiger partial charge in [0.2, 0.25) is 0 Å². The van der Waals surface area contributed by atoms with E-state index in [-0.39, 0.29) is 6.04 Å². The summed E-state index contributed by atoms with van der Waals surface area (Å²) in [5.41, 5.74) is 4.44. The molecule has 0 spiro atoms. The Morgan fingerprint density at radius 3 is 2.52 bits per heavy atom. The van der Waals surface area contributed by atoms with Crippen LogP contribution in [0.2, 0.25) is 0 Å². The van der Waals surface area contributed by atoms with E-state index in [1.807, 2.05) is 11.3 Å². The number of hydrogen-bond donors (Lipinski definition) is 1. The zero-order valence-corrected chi connectivity index (χ0v) is 13.3. The van der Waals surface area contributed by atoms with E-state index in [1.165, 1.54) is 50.1 Å². The lowest BCUT2D eigenvalue weighted by molar-refractivity contribution is 0.709. The predicted octanol–water partition coefficient (Wildman–Crippen LogP) is 4.62. The average molecular weight is 293 g/mol. The van der Waals surface area contributed by atoms with Crippen molar-refractivity contribution in [3.63, 3.8) is 0 Å². The molecular formula is C19H19NS. The van der Waals surface area contributed by atoms with Crippen LogP contribution < -0.4 is 5.32 Å². The van der Waals surface area contributed by atoms with Crippen molar-refractivity contribution >= 4 is 22.1 Å². The van der Waals surface area contributed by atoms with Gasteiger partial charge < -0.3 is 5.32 Å². The maximum absolute atomic E-state index is 3.51. The maximum atomic E-state index is 3.51.